The zero-order valence-corrected chi connectivity index (χ0v) is 21.7. The minimum absolute atomic E-state index is 0.0201. The van der Waals surface area contributed by atoms with Crippen molar-refractivity contribution < 1.29 is 19.2 Å². The number of nitrogens with zero attached hydrogens (tertiary/aromatic N) is 6. The minimum Gasteiger partial charge on any atom is -0.335 e. The Kier molecular flexibility index (Phi) is 8.14. The molecule has 10 nitrogen and oxygen atoms in total. The molecule has 0 N–H and O–H groups in total. The number of ketones is 2. The first kappa shape index (κ1) is 26.1. The van der Waals surface area contributed by atoms with Gasteiger partial charge in [0.1, 0.15) is 0 Å². The van der Waals surface area contributed by atoms with Gasteiger partial charge in [-0.15, -0.1) is 0 Å². The fourth-order valence-corrected chi connectivity index (χ4v) is 5.78. The number of carbonyl (C=O) groups excluding carboxylic acids is 4. The zero-order chi connectivity index (χ0) is 26.5. The maximum Gasteiger partial charge on any atom is 0.223 e. The molecule has 2 aliphatic heterocycles. The Morgan fingerprint density at radius 3 is 1.53 bits per heavy atom. The third-order valence-corrected chi connectivity index (χ3v) is 7.83. The van der Waals surface area contributed by atoms with Crippen molar-refractivity contribution in [3.8, 4) is 0 Å². The molecule has 3 aliphatic rings. The smallest absolute Gasteiger partial charge is 0.223 e. The van der Waals surface area contributed by atoms with Gasteiger partial charge < -0.3 is 9.80 Å². The Labute approximate surface area is 222 Å². The lowest BCUT2D eigenvalue weighted by atomic mass is 9.78. The lowest BCUT2D eigenvalue weighted by molar-refractivity contribution is -0.132. The van der Waals surface area contributed by atoms with Crippen molar-refractivity contribution in [1.29, 1.82) is 0 Å². The fourth-order valence-electron chi connectivity index (χ4n) is 5.78. The second kappa shape index (κ2) is 11.9. The van der Waals surface area contributed by atoms with Gasteiger partial charge in [-0.3, -0.25) is 19.2 Å². The largest absolute Gasteiger partial charge is 0.335 e. The van der Waals surface area contributed by atoms with E-state index in [1.54, 1.807) is 9.80 Å². The monoisotopic (exact) mass is 518 g/mol. The lowest BCUT2D eigenvalue weighted by Gasteiger charge is -2.28. The maximum absolute atomic E-state index is 12.4. The predicted molar refractivity (Wildman–Crippen MR) is 137 cm³/mol. The summed E-state index contributed by atoms with van der Waals surface area (Å²) in [6, 6.07) is 7.68. The molecule has 1 aliphatic carbocycles. The molecular weight excluding hydrogens is 484 g/mol. The van der Waals surface area contributed by atoms with E-state index in [1.165, 1.54) is 0 Å². The highest BCUT2D eigenvalue weighted by Gasteiger charge is 2.28. The molecule has 2 amide bonds. The molecule has 5 rings (SSSR count). The van der Waals surface area contributed by atoms with Crippen molar-refractivity contribution in [2.24, 2.45) is 0 Å². The van der Waals surface area contributed by atoms with Crippen LogP contribution in [0.25, 0.3) is 0 Å². The summed E-state index contributed by atoms with van der Waals surface area (Å²) in [5.74, 6) is 0.578. The van der Waals surface area contributed by atoms with Crippen LogP contribution in [0.3, 0.4) is 0 Å². The molecule has 1 saturated carbocycles. The molecule has 0 aromatic carbocycles. The van der Waals surface area contributed by atoms with Gasteiger partial charge in [0.15, 0.2) is 11.6 Å². The molecule has 2 saturated heterocycles. The Balaban J connectivity index is 1.12. The van der Waals surface area contributed by atoms with Crippen LogP contribution in [0.5, 0.6) is 0 Å². The molecule has 2 aromatic rings. The topological polar surface area (TPSA) is 126 Å². The number of aromatic nitrogens is 4. The summed E-state index contributed by atoms with van der Waals surface area (Å²) in [4.78, 5) is 51.5. The Morgan fingerprint density at radius 1 is 0.684 bits per heavy atom. The first-order chi connectivity index (χ1) is 18.4. The number of hydrogen-bond donors (Lipinski definition) is 0. The average Bonchev–Trinajstić information content (AvgIpc) is 3.52. The van der Waals surface area contributed by atoms with E-state index in [2.05, 4.69) is 20.4 Å². The second-order valence-corrected chi connectivity index (χ2v) is 10.7. The predicted octanol–water partition coefficient (Wildman–Crippen LogP) is 2.18. The third kappa shape index (κ3) is 6.46. The van der Waals surface area contributed by atoms with E-state index in [9.17, 15) is 19.2 Å². The van der Waals surface area contributed by atoms with Crippen LogP contribution in [-0.2, 0) is 32.0 Å². The molecule has 0 unspecified atom stereocenters. The SMILES string of the molecule is O=C(Cc1ccc([C@H]2CCC[C@H](c3ccc(CC(=O)CN4CCCC4=O)nn3)C2)nn1)CN1CCCC1=O. The normalized spacial score (nSPS) is 21.8. The molecular formula is C28H34N6O4. The van der Waals surface area contributed by atoms with Crippen molar-refractivity contribution >= 4 is 23.4 Å². The molecule has 4 heterocycles. The Bertz CT molecular complexity index is 1090. The van der Waals surface area contributed by atoms with Crippen LogP contribution in [0.2, 0.25) is 0 Å². The number of rotatable bonds is 10. The highest BCUT2D eigenvalue weighted by molar-refractivity contribution is 5.88. The molecule has 38 heavy (non-hydrogen) atoms. The summed E-state index contributed by atoms with van der Waals surface area (Å²) in [5.41, 5.74) is 3.10. The van der Waals surface area contributed by atoms with Gasteiger partial charge in [-0.05, 0) is 56.4 Å². The van der Waals surface area contributed by atoms with Crippen LogP contribution >= 0.6 is 0 Å². The minimum atomic E-state index is -0.0201. The van der Waals surface area contributed by atoms with E-state index in [0.717, 1.165) is 49.9 Å². The van der Waals surface area contributed by atoms with Gasteiger partial charge in [0, 0.05) is 37.8 Å². The van der Waals surface area contributed by atoms with Crippen LogP contribution in [0, 0.1) is 0 Å². The van der Waals surface area contributed by atoms with E-state index >= 15 is 0 Å². The zero-order valence-electron chi connectivity index (χ0n) is 21.7. The van der Waals surface area contributed by atoms with E-state index in [0.29, 0.717) is 37.3 Å². The number of hydrogen-bond acceptors (Lipinski definition) is 8. The van der Waals surface area contributed by atoms with Gasteiger partial charge in [-0.25, -0.2) is 0 Å². The third-order valence-electron chi connectivity index (χ3n) is 7.83. The first-order valence-corrected chi connectivity index (χ1v) is 13.7. The van der Waals surface area contributed by atoms with Crippen molar-refractivity contribution in [2.45, 2.75) is 76.0 Å². The van der Waals surface area contributed by atoms with Gasteiger partial charge in [0.25, 0.3) is 0 Å². The van der Waals surface area contributed by atoms with Crippen LogP contribution < -0.4 is 0 Å². The van der Waals surface area contributed by atoms with Gasteiger partial charge >= 0.3 is 0 Å². The quantitative estimate of drug-likeness (QED) is 0.468. The van der Waals surface area contributed by atoms with Gasteiger partial charge in [0.2, 0.25) is 11.8 Å². The summed E-state index contributed by atoms with van der Waals surface area (Å²) >= 11 is 0. The molecule has 3 fully saturated rings. The van der Waals surface area contributed by atoms with E-state index in [-0.39, 0.29) is 61.1 Å². The van der Waals surface area contributed by atoms with Gasteiger partial charge in [-0.2, -0.15) is 20.4 Å². The molecule has 2 atom stereocenters. The Morgan fingerprint density at radius 2 is 1.16 bits per heavy atom. The first-order valence-electron chi connectivity index (χ1n) is 13.7. The van der Waals surface area contributed by atoms with E-state index in [4.69, 9.17) is 0 Å². The fraction of sp³-hybridized carbons (Fsp3) is 0.571. The molecule has 0 bridgehead atoms. The van der Waals surface area contributed by atoms with Crippen molar-refractivity contribution in [1.82, 2.24) is 30.2 Å². The highest BCUT2D eigenvalue weighted by atomic mass is 16.2. The summed E-state index contributed by atoms with van der Waals surface area (Å²) < 4.78 is 0. The average molecular weight is 519 g/mol. The summed E-state index contributed by atoms with van der Waals surface area (Å²) in [5, 5.41) is 17.5. The van der Waals surface area contributed by atoms with E-state index in [1.807, 2.05) is 24.3 Å². The standard InChI is InChI=1S/C28H34N6O4/c35-23(17-33-12-2-6-27(33)37)15-21-8-10-25(31-29-21)19-4-1-5-20(14-19)26-11-9-22(30-32-26)16-24(36)18-34-13-3-7-28(34)38/h8-11,19-20H,1-7,12-18H2/t19-,20-/m0/s1. The van der Waals surface area contributed by atoms with E-state index < -0.39 is 0 Å². The van der Waals surface area contributed by atoms with Crippen LogP contribution in [-0.4, -0.2) is 79.8 Å². The molecule has 2 aromatic heterocycles. The number of likely N-dealkylation sites (tertiary alicyclic amines) is 2. The summed E-state index contributed by atoms with van der Waals surface area (Å²) in [6.45, 7) is 1.62. The molecule has 0 spiro atoms. The van der Waals surface area contributed by atoms with Crippen molar-refractivity contribution in [3.63, 3.8) is 0 Å². The highest BCUT2D eigenvalue weighted by Crippen LogP contribution is 2.39. The number of Topliss-reactive ketones (excluding diaryl/α,β-unsaturated/α-hetero) is 2. The van der Waals surface area contributed by atoms with Crippen LogP contribution in [0.15, 0.2) is 24.3 Å². The van der Waals surface area contributed by atoms with Crippen LogP contribution in [0.4, 0.5) is 0 Å². The van der Waals surface area contributed by atoms with Gasteiger partial charge in [0.05, 0.1) is 48.7 Å². The van der Waals surface area contributed by atoms with Crippen LogP contribution in [0.1, 0.15) is 86.0 Å². The second-order valence-electron chi connectivity index (χ2n) is 10.7. The van der Waals surface area contributed by atoms with Crippen molar-refractivity contribution in [3.05, 3.63) is 47.0 Å². The molecule has 200 valence electrons. The number of carbonyl (C=O) groups is 4. The molecule has 0 radical (unpaired) electrons. The van der Waals surface area contributed by atoms with Gasteiger partial charge in [-0.1, -0.05) is 6.42 Å². The summed E-state index contributed by atoms with van der Waals surface area (Å²) in [7, 11) is 0. The maximum atomic E-state index is 12.4. The Hall–Kier alpha value is -3.56. The number of amides is 2. The molecule has 10 heteroatoms. The lowest BCUT2D eigenvalue weighted by Crippen LogP contribution is -2.31. The summed E-state index contributed by atoms with van der Waals surface area (Å²) in [6.07, 6.45) is 7.06. The van der Waals surface area contributed by atoms with Crippen molar-refractivity contribution in [2.75, 3.05) is 26.2 Å².